The second-order valence-corrected chi connectivity index (χ2v) is 7.54. The molecule has 0 saturated carbocycles. The third kappa shape index (κ3) is 4.03. The molecule has 0 saturated heterocycles. The first kappa shape index (κ1) is 19.8. The number of benzene rings is 2. The Kier molecular flexibility index (Phi) is 5.25. The zero-order chi connectivity index (χ0) is 21.9. The van der Waals surface area contributed by atoms with Gasteiger partial charge in [0.2, 0.25) is 0 Å². The summed E-state index contributed by atoms with van der Waals surface area (Å²) in [4.78, 5) is 17.0. The number of nitrogens with zero attached hydrogens (tertiary/aromatic N) is 4. The van der Waals surface area contributed by atoms with Gasteiger partial charge < -0.3 is 5.32 Å². The number of fused-ring (bicyclic) bond motifs is 1. The van der Waals surface area contributed by atoms with Gasteiger partial charge in [-0.2, -0.15) is 0 Å². The Balaban J connectivity index is 1.35. The zero-order valence-corrected chi connectivity index (χ0v) is 17.5. The summed E-state index contributed by atoms with van der Waals surface area (Å²) in [5, 5.41) is 5.20. The molecule has 5 nitrogen and oxygen atoms in total. The largest absolute Gasteiger partial charge is 0.363 e. The predicted molar refractivity (Wildman–Crippen MR) is 124 cm³/mol. The molecular formula is C26H20FN5. The molecule has 3 aromatic heterocycles. The van der Waals surface area contributed by atoms with Crippen LogP contribution in [0.15, 0.2) is 85.5 Å². The molecule has 0 radical (unpaired) electrons. The molecule has 3 heterocycles. The summed E-state index contributed by atoms with van der Waals surface area (Å²) in [6.45, 7) is 2.35. The highest BCUT2D eigenvalue weighted by molar-refractivity contribution is 5.87. The van der Waals surface area contributed by atoms with E-state index in [1.807, 2.05) is 73.7 Å². The number of halogens is 1. The van der Waals surface area contributed by atoms with Crippen LogP contribution in [0, 0.1) is 12.7 Å². The summed E-state index contributed by atoms with van der Waals surface area (Å²) < 4.78 is 15.2. The van der Waals surface area contributed by atoms with E-state index in [9.17, 15) is 0 Å². The molecule has 0 unspecified atom stereocenters. The van der Waals surface area contributed by atoms with Crippen LogP contribution >= 0.6 is 0 Å². The first-order chi connectivity index (χ1) is 15.7. The van der Waals surface area contributed by atoms with Gasteiger partial charge in [0.05, 0.1) is 5.69 Å². The predicted octanol–water partition coefficient (Wildman–Crippen LogP) is 5.81. The third-order valence-electron chi connectivity index (χ3n) is 5.29. The second kappa shape index (κ2) is 8.51. The van der Waals surface area contributed by atoms with E-state index in [0.29, 0.717) is 12.1 Å². The molecule has 0 amide bonds. The number of aromatic nitrogens is 4. The van der Waals surface area contributed by atoms with Gasteiger partial charge in [-0.3, -0.25) is 9.97 Å². The summed E-state index contributed by atoms with van der Waals surface area (Å²) in [5.74, 6) is -0.309. The molecule has 0 atom stereocenters. The van der Waals surface area contributed by atoms with Crippen molar-refractivity contribution >= 4 is 16.6 Å². The summed E-state index contributed by atoms with van der Waals surface area (Å²) >= 11 is 0. The molecule has 0 aliphatic heterocycles. The monoisotopic (exact) mass is 421 g/mol. The van der Waals surface area contributed by atoms with Gasteiger partial charge in [0.25, 0.3) is 0 Å². The number of anilines is 1. The highest BCUT2D eigenvalue weighted by Gasteiger charge is 2.13. The number of rotatable bonds is 5. The molecule has 6 heteroatoms. The molecule has 5 aromatic rings. The highest BCUT2D eigenvalue weighted by atomic mass is 19.1. The second-order valence-electron chi connectivity index (χ2n) is 7.54. The van der Waals surface area contributed by atoms with Crippen molar-refractivity contribution < 1.29 is 4.39 Å². The van der Waals surface area contributed by atoms with Crippen LogP contribution in [0.4, 0.5) is 10.2 Å². The zero-order valence-electron chi connectivity index (χ0n) is 17.5. The maximum absolute atomic E-state index is 15.2. The van der Waals surface area contributed by atoms with Crippen molar-refractivity contribution in [2.75, 3.05) is 5.32 Å². The molecule has 0 aliphatic carbocycles. The van der Waals surface area contributed by atoms with E-state index in [0.717, 1.165) is 33.3 Å². The van der Waals surface area contributed by atoms with Crippen LogP contribution in [0.2, 0.25) is 0 Å². The summed E-state index contributed by atoms with van der Waals surface area (Å²) in [7, 11) is 0. The van der Waals surface area contributed by atoms with Gasteiger partial charge in [0.15, 0.2) is 11.6 Å². The Morgan fingerprint density at radius 1 is 0.812 bits per heavy atom. The molecule has 0 bridgehead atoms. The molecule has 0 spiro atoms. The normalized spacial score (nSPS) is 10.9. The standard InChI is InChI=1S/C26H20FN5/c1-17-12-21(10-11-28-17)23-9-6-18(14-29-23)15-30-26-24(27)25(31-16-32-26)22-8-7-19-4-2-3-5-20(19)13-22/h2-14,16H,15H2,1H3,(H,30,31,32). The average Bonchev–Trinajstić information content (AvgIpc) is 2.83. The Morgan fingerprint density at radius 3 is 2.50 bits per heavy atom. The van der Waals surface area contributed by atoms with E-state index < -0.39 is 5.82 Å². The number of aryl methyl sites for hydroxylation is 1. The molecule has 0 fully saturated rings. The van der Waals surface area contributed by atoms with Crippen LogP contribution in [0.1, 0.15) is 11.3 Å². The average molecular weight is 421 g/mol. The number of nitrogens with one attached hydrogen (secondary N) is 1. The SMILES string of the molecule is Cc1cc(-c2ccc(CNc3ncnc(-c4ccc5ccccc5c4)c3F)cn2)ccn1. The smallest absolute Gasteiger partial charge is 0.191 e. The lowest BCUT2D eigenvalue weighted by molar-refractivity contribution is 0.621. The van der Waals surface area contributed by atoms with Crippen molar-refractivity contribution in [3.05, 3.63) is 103 Å². The first-order valence-corrected chi connectivity index (χ1v) is 10.3. The fourth-order valence-electron chi connectivity index (χ4n) is 3.62. The quantitative estimate of drug-likeness (QED) is 0.388. The Labute approximate surface area is 185 Å². The van der Waals surface area contributed by atoms with E-state index in [1.54, 1.807) is 12.4 Å². The lowest BCUT2D eigenvalue weighted by atomic mass is 10.0. The van der Waals surface area contributed by atoms with E-state index in [4.69, 9.17) is 0 Å². The van der Waals surface area contributed by atoms with Crippen molar-refractivity contribution in [3.63, 3.8) is 0 Å². The summed E-state index contributed by atoms with van der Waals surface area (Å²) in [6.07, 6.45) is 4.93. The minimum atomic E-state index is -0.473. The van der Waals surface area contributed by atoms with Crippen LogP contribution in [0.3, 0.4) is 0 Å². The molecule has 156 valence electrons. The van der Waals surface area contributed by atoms with Crippen LogP contribution in [0.5, 0.6) is 0 Å². The van der Waals surface area contributed by atoms with Gasteiger partial charge >= 0.3 is 0 Å². The minimum Gasteiger partial charge on any atom is -0.363 e. The van der Waals surface area contributed by atoms with Gasteiger partial charge in [0, 0.05) is 35.8 Å². The van der Waals surface area contributed by atoms with Crippen LogP contribution < -0.4 is 5.32 Å². The number of hydrogen-bond acceptors (Lipinski definition) is 5. The van der Waals surface area contributed by atoms with Crippen LogP contribution in [-0.2, 0) is 6.54 Å². The molecule has 0 aliphatic rings. The van der Waals surface area contributed by atoms with Crippen molar-refractivity contribution in [1.82, 2.24) is 19.9 Å². The lowest BCUT2D eigenvalue weighted by Gasteiger charge is -2.10. The maximum atomic E-state index is 15.2. The first-order valence-electron chi connectivity index (χ1n) is 10.3. The molecule has 1 N–H and O–H groups in total. The lowest BCUT2D eigenvalue weighted by Crippen LogP contribution is -2.06. The summed E-state index contributed by atoms with van der Waals surface area (Å²) in [6, 6.07) is 21.6. The number of hydrogen-bond donors (Lipinski definition) is 1. The fraction of sp³-hybridized carbons (Fsp3) is 0.0769. The van der Waals surface area contributed by atoms with Crippen LogP contribution in [-0.4, -0.2) is 19.9 Å². The Hall–Kier alpha value is -4.19. The fourth-order valence-corrected chi connectivity index (χ4v) is 3.62. The van der Waals surface area contributed by atoms with Gasteiger partial charge in [-0.1, -0.05) is 42.5 Å². The van der Waals surface area contributed by atoms with Crippen molar-refractivity contribution in [1.29, 1.82) is 0 Å². The molecule has 2 aromatic carbocycles. The minimum absolute atomic E-state index is 0.164. The van der Waals surface area contributed by atoms with Gasteiger partial charge in [0.1, 0.15) is 12.0 Å². The number of pyridine rings is 2. The van der Waals surface area contributed by atoms with E-state index >= 15 is 4.39 Å². The highest BCUT2D eigenvalue weighted by Crippen LogP contribution is 2.27. The van der Waals surface area contributed by atoms with Crippen molar-refractivity contribution in [3.8, 4) is 22.5 Å². The Morgan fingerprint density at radius 2 is 1.69 bits per heavy atom. The Bertz CT molecular complexity index is 1400. The molecule has 5 rings (SSSR count). The maximum Gasteiger partial charge on any atom is 0.191 e. The van der Waals surface area contributed by atoms with Gasteiger partial charge in [-0.15, -0.1) is 0 Å². The van der Waals surface area contributed by atoms with Gasteiger partial charge in [-0.25, -0.2) is 14.4 Å². The van der Waals surface area contributed by atoms with Gasteiger partial charge in [-0.05, 0) is 47.5 Å². The molecule has 32 heavy (non-hydrogen) atoms. The third-order valence-corrected chi connectivity index (χ3v) is 5.29. The topological polar surface area (TPSA) is 63.6 Å². The van der Waals surface area contributed by atoms with E-state index in [-0.39, 0.29) is 11.5 Å². The van der Waals surface area contributed by atoms with Crippen molar-refractivity contribution in [2.45, 2.75) is 13.5 Å². The van der Waals surface area contributed by atoms with Crippen LogP contribution in [0.25, 0.3) is 33.3 Å². The molecular weight excluding hydrogens is 401 g/mol. The summed E-state index contributed by atoms with van der Waals surface area (Å²) in [5.41, 5.74) is 4.73. The van der Waals surface area contributed by atoms with E-state index in [2.05, 4.69) is 25.3 Å². The van der Waals surface area contributed by atoms with Crippen molar-refractivity contribution in [2.24, 2.45) is 0 Å². The van der Waals surface area contributed by atoms with E-state index in [1.165, 1.54) is 6.33 Å².